The smallest absolute Gasteiger partial charge is 0.126 e. The molecule has 0 aromatic heterocycles. The molecule has 0 aromatic rings. The van der Waals surface area contributed by atoms with Crippen molar-refractivity contribution in [2.45, 2.75) is 20.3 Å². The average Bonchev–Trinajstić information content (AvgIpc) is 2.03. The standard InChI is InChI=1S/C10H14F2/c1-4-9(3)10(12)7-8(2)5-6-11/h5,7H,3-4,6H2,1-2H3/b8-5-,10-7+. The summed E-state index contributed by atoms with van der Waals surface area (Å²) in [6, 6.07) is 0. The average molecular weight is 172 g/mol. The summed E-state index contributed by atoms with van der Waals surface area (Å²) in [4.78, 5) is 0. The van der Waals surface area contributed by atoms with Crippen LogP contribution in [0.5, 0.6) is 0 Å². The molecule has 68 valence electrons. The van der Waals surface area contributed by atoms with E-state index in [0.717, 1.165) is 0 Å². The molecular formula is C10H14F2. The molecule has 0 nitrogen and oxygen atoms in total. The number of hydrogen-bond donors (Lipinski definition) is 0. The van der Waals surface area contributed by atoms with E-state index in [-0.39, 0.29) is 5.83 Å². The summed E-state index contributed by atoms with van der Waals surface area (Å²) in [6.07, 6.45) is 3.19. The van der Waals surface area contributed by atoms with Crippen molar-refractivity contribution in [1.29, 1.82) is 0 Å². The fraction of sp³-hybridized carbons (Fsp3) is 0.400. The second-order valence-electron chi connectivity index (χ2n) is 2.55. The molecule has 0 spiro atoms. The largest absolute Gasteiger partial charge is 0.247 e. The predicted molar refractivity (Wildman–Crippen MR) is 48.4 cm³/mol. The summed E-state index contributed by atoms with van der Waals surface area (Å²) in [5, 5.41) is 0. The molecule has 0 aliphatic rings. The Labute approximate surface area is 72.3 Å². The van der Waals surface area contributed by atoms with Crippen LogP contribution in [0.15, 0.2) is 35.7 Å². The predicted octanol–water partition coefficient (Wildman–Crippen LogP) is 3.72. The molecule has 0 bridgehead atoms. The van der Waals surface area contributed by atoms with Crippen molar-refractivity contribution in [3.63, 3.8) is 0 Å². The first-order valence-electron chi connectivity index (χ1n) is 3.89. The Bertz CT molecular complexity index is 212. The molecule has 0 unspecified atom stereocenters. The van der Waals surface area contributed by atoms with E-state index in [9.17, 15) is 8.78 Å². The van der Waals surface area contributed by atoms with E-state index in [4.69, 9.17) is 0 Å². The summed E-state index contributed by atoms with van der Waals surface area (Å²) >= 11 is 0. The number of hydrogen-bond acceptors (Lipinski definition) is 0. The number of alkyl halides is 1. The van der Waals surface area contributed by atoms with Gasteiger partial charge < -0.3 is 0 Å². The fourth-order valence-electron chi connectivity index (χ4n) is 0.651. The molecule has 0 saturated heterocycles. The zero-order chi connectivity index (χ0) is 9.56. The van der Waals surface area contributed by atoms with Gasteiger partial charge in [-0.2, -0.15) is 0 Å². The zero-order valence-electron chi connectivity index (χ0n) is 7.53. The molecule has 0 aliphatic heterocycles. The van der Waals surface area contributed by atoms with Gasteiger partial charge in [0.25, 0.3) is 0 Å². The van der Waals surface area contributed by atoms with Gasteiger partial charge in [0.15, 0.2) is 0 Å². The van der Waals surface area contributed by atoms with Gasteiger partial charge in [0, 0.05) is 0 Å². The van der Waals surface area contributed by atoms with Crippen molar-refractivity contribution in [3.8, 4) is 0 Å². The maximum atomic E-state index is 13.0. The van der Waals surface area contributed by atoms with Crippen molar-refractivity contribution < 1.29 is 8.78 Å². The first-order chi connectivity index (χ1) is 5.61. The maximum absolute atomic E-state index is 13.0. The minimum atomic E-state index is -0.561. The van der Waals surface area contributed by atoms with Crippen molar-refractivity contribution in [2.24, 2.45) is 0 Å². The molecule has 0 radical (unpaired) electrons. The normalized spacial score (nSPS) is 13.3. The van der Waals surface area contributed by atoms with Gasteiger partial charge in [0.05, 0.1) is 0 Å². The second-order valence-corrected chi connectivity index (χ2v) is 2.55. The lowest BCUT2D eigenvalue weighted by Crippen LogP contribution is -1.81. The van der Waals surface area contributed by atoms with Gasteiger partial charge in [-0.05, 0) is 30.6 Å². The Morgan fingerprint density at radius 1 is 1.50 bits per heavy atom. The van der Waals surface area contributed by atoms with Gasteiger partial charge in [0.1, 0.15) is 12.5 Å². The molecule has 0 aliphatic carbocycles. The van der Waals surface area contributed by atoms with E-state index in [1.165, 1.54) is 12.2 Å². The molecular weight excluding hydrogens is 158 g/mol. The Kier molecular flexibility index (Phi) is 5.26. The quantitative estimate of drug-likeness (QED) is 0.567. The molecule has 0 amide bonds. The molecule has 0 aromatic carbocycles. The highest BCUT2D eigenvalue weighted by molar-refractivity contribution is 5.29. The third-order valence-corrected chi connectivity index (χ3v) is 1.52. The van der Waals surface area contributed by atoms with Crippen molar-refractivity contribution in [3.05, 3.63) is 35.7 Å². The minimum Gasteiger partial charge on any atom is -0.247 e. The van der Waals surface area contributed by atoms with Gasteiger partial charge in [-0.15, -0.1) is 0 Å². The van der Waals surface area contributed by atoms with E-state index >= 15 is 0 Å². The first-order valence-corrected chi connectivity index (χ1v) is 3.89. The van der Waals surface area contributed by atoms with Crippen LogP contribution in [-0.4, -0.2) is 6.67 Å². The monoisotopic (exact) mass is 172 g/mol. The maximum Gasteiger partial charge on any atom is 0.126 e. The van der Waals surface area contributed by atoms with Gasteiger partial charge in [-0.3, -0.25) is 0 Å². The van der Waals surface area contributed by atoms with Gasteiger partial charge in [0.2, 0.25) is 0 Å². The Morgan fingerprint density at radius 3 is 2.50 bits per heavy atom. The van der Waals surface area contributed by atoms with E-state index in [1.54, 1.807) is 6.92 Å². The van der Waals surface area contributed by atoms with Crippen LogP contribution in [-0.2, 0) is 0 Å². The lowest BCUT2D eigenvalue weighted by Gasteiger charge is -1.97. The summed E-state index contributed by atoms with van der Waals surface area (Å²) in [5.74, 6) is -0.361. The SMILES string of the molecule is C=C(CC)/C(F)=C\C(C)=C/CF. The van der Waals surface area contributed by atoms with Crippen LogP contribution >= 0.6 is 0 Å². The zero-order valence-corrected chi connectivity index (χ0v) is 7.53. The molecule has 12 heavy (non-hydrogen) atoms. The lowest BCUT2D eigenvalue weighted by molar-refractivity contribution is 0.560. The van der Waals surface area contributed by atoms with Crippen LogP contribution in [0.4, 0.5) is 8.78 Å². The fourth-order valence-corrected chi connectivity index (χ4v) is 0.651. The van der Waals surface area contributed by atoms with E-state index < -0.39 is 6.67 Å². The van der Waals surface area contributed by atoms with Crippen LogP contribution in [0.2, 0.25) is 0 Å². The number of rotatable bonds is 4. The van der Waals surface area contributed by atoms with Gasteiger partial charge in [-0.25, -0.2) is 8.78 Å². The van der Waals surface area contributed by atoms with Crippen LogP contribution in [0, 0.1) is 0 Å². The highest BCUT2D eigenvalue weighted by Gasteiger charge is 1.97. The Hall–Kier alpha value is -0.920. The molecule has 0 heterocycles. The molecule has 0 fully saturated rings. The number of allylic oxidation sites excluding steroid dienone is 5. The summed E-state index contributed by atoms with van der Waals surface area (Å²) in [5.41, 5.74) is 1.03. The van der Waals surface area contributed by atoms with Crippen molar-refractivity contribution >= 4 is 0 Å². The molecule has 2 heteroatoms. The summed E-state index contributed by atoms with van der Waals surface area (Å²) in [7, 11) is 0. The van der Waals surface area contributed by atoms with E-state index in [1.807, 2.05) is 6.92 Å². The van der Waals surface area contributed by atoms with Crippen LogP contribution in [0.25, 0.3) is 0 Å². The Balaban J connectivity index is 4.35. The Morgan fingerprint density at radius 2 is 2.08 bits per heavy atom. The molecule has 0 saturated carbocycles. The molecule has 0 rings (SSSR count). The topological polar surface area (TPSA) is 0 Å². The molecule has 0 atom stereocenters. The van der Waals surface area contributed by atoms with Crippen LogP contribution in [0.1, 0.15) is 20.3 Å². The number of halogens is 2. The highest BCUT2D eigenvalue weighted by Crippen LogP contribution is 2.14. The summed E-state index contributed by atoms with van der Waals surface area (Å²) < 4.78 is 24.7. The van der Waals surface area contributed by atoms with Crippen molar-refractivity contribution in [1.82, 2.24) is 0 Å². The van der Waals surface area contributed by atoms with Gasteiger partial charge in [-0.1, -0.05) is 19.6 Å². The van der Waals surface area contributed by atoms with Crippen molar-refractivity contribution in [2.75, 3.05) is 6.67 Å². The van der Waals surface area contributed by atoms with Crippen LogP contribution < -0.4 is 0 Å². The highest BCUT2D eigenvalue weighted by atomic mass is 19.1. The van der Waals surface area contributed by atoms with Gasteiger partial charge >= 0.3 is 0 Å². The second kappa shape index (κ2) is 5.70. The minimum absolute atomic E-state index is 0.361. The lowest BCUT2D eigenvalue weighted by atomic mass is 10.1. The molecule has 0 N–H and O–H groups in total. The van der Waals surface area contributed by atoms with Crippen LogP contribution in [0.3, 0.4) is 0 Å². The van der Waals surface area contributed by atoms with E-state index in [0.29, 0.717) is 17.6 Å². The summed E-state index contributed by atoms with van der Waals surface area (Å²) in [6.45, 7) is 6.44. The van der Waals surface area contributed by atoms with E-state index in [2.05, 4.69) is 6.58 Å². The first kappa shape index (κ1) is 11.1. The third-order valence-electron chi connectivity index (χ3n) is 1.52. The third kappa shape index (κ3) is 4.06.